The van der Waals surface area contributed by atoms with Gasteiger partial charge in [-0.2, -0.15) is 0 Å². The Hall–Kier alpha value is -0.130. The molecule has 1 unspecified atom stereocenters. The van der Waals surface area contributed by atoms with Gasteiger partial charge in [0, 0.05) is 17.3 Å². The molecule has 1 atom stereocenters. The average molecular weight is 262 g/mol. The molecule has 90 valence electrons. The van der Waals surface area contributed by atoms with Crippen molar-refractivity contribution < 1.29 is 9.47 Å². The van der Waals surface area contributed by atoms with Crippen molar-refractivity contribution in [1.82, 2.24) is 5.32 Å². The number of halogens is 1. The summed E-state index contributed by atoms with van der Waals surface area (Å²) >= 11 is 7.82. The lowest BCUT2D eigenvalue weighted by atomic mass is 10.1. The highest BCUT2D eigenvalue weighted by molar-refractivity contribution is 7.10. The zero-order valence-corrected chi connectivity index (χ0v) is 10.8. The van der Waals surface area contributed by atoms with Crippen molar-refractivity contribution in [3.63, 3.8) is 0 Å². The topological polar surface area (TPSA) is 30.5 Å². The maximum absolute atomic E-state index is 6.14. The molecule has 1 aliphatic rings. The van der Waals surface area contributed by atoms with Crippen LogP contribution >= 0.6 is 22.9 Å². The van der Waals surface area contributed by atoms with E-state index in [1.807, 2.05) is 11.4 Å². The molecule has 0 aromatic carbocycles. The Balaban J connectivity index is 2.01. The Morgan fingerprint density at radius 2 is 2.31 bits per heavy atom. The van der Waals surface area contributed by atoms with Gasteiger partial charge < -0.3 is 14.8 Å². The summed E-state index contributed by atoms with van der Waals surface area (Å²) in [7, 11) is 0. The van der Waals surface area contributed by atoms with Gasteiger partial charge in [-0.3, -0.25) is 0 Å². The summed E-state index contributed by atoms with van der Waals surface area (Å²) in [4.78, 5) is 1.17. The van der Waals surface area contributed by atoms with Gasteiger partial charge in [0.25, 0.3) is 0 Å². The van der Waals surface area contributed by atoms with E-state index in [4.69, 9.17) is 21.1 Å². The fraction of sp³-hybridized carbons (Fsp3) is 0.636. The Bertz CT molecular complexity index is 326. The van der Waals surface area contributed by atoms with Crippen molar-refractivity contribution in [2.75, 3.05) is 19.8 Å². The van der Waals surface area contributed by atoms with Crippen molar-refractivity contribution in [2.24, 2.45) is 0 Å². The van der Waals surface area contributed by atoms with Crippen LogP contribution in [0.1, 0.15) is 24.3 Å². The quantitative estimate of drug-likeness (QED) is 0.884. The standard InChI is InChI=1S/C11H16ClNO2S/c1-2-13-9(7-10-14-4-5-15-10)11-8(12)3-6-16-11/h3,6,9-10,13H,2,4-5,7H2,1H3. The zero-order valence-electron chi connectivity index (χ0n) is 9.24. The molecular weight excluding hydrogens is 246 g/mol. The van der Waals surface area contributed by atoms with E-state index in [0.717, 1.165) is 18.0 Å². The highest BCUT2D eigenvalue weighted by Crippen LogP contribution is 2.32. The molecule has 0 spiro atoms. The largest absolute Gasteiger partial charge is 0.350 e. The van der Waals surface area contributed by atoms with Crippen LogP contribution in [0.2, 0.25) is 5.02 Å². The predicted molar refractivity (Wildman–Crippen MR) is 66.1 cm³/mol. The highest BCUT2D eigenvalue weighted by Gasteiger charge is 2.24. The average Bonchev–Trinajstić information content (AvgIpc) is 2.88. The van der Waals surface area contributed by atoms with Gasteiger partial charge in [0.05, 0.1) is 18.2 Å². The van der Waals surface area contributed by atoms with Crippen molar-refractivity contribution in [1.29, 1.82) is 0 Å². The molecule has 0 aliphatic carbocycles. The third-order valence-corrected chi connectivity index (χ3v) is 4.00. The molecule has 5 heteroatoms. The first-order chi connectivity index (χ1) is 7.81. The van der Waals surface area contributed by atoms with Crippen molar-refractivity contribution >= 4 is 22.9 Å². The van der Waals surface area contributed by atoms with Crippen LogP contribution in [0.3, 0.4) is 0 Å². The molecular formula is C11H16ClNO2S. The molecule has 1 fully saturated rings. The predicted octanol–water partition coefficient (Wildman–Crippen LogP) is 2.82. The summed E-state index contributed by atoms with van der Waals surface area (Å²) in [5, 5.41) is 6.26. The normalized spacial score (nSPS) is 19.1. The molecule has 3 nitrogen and oxygen atoms in total. The van der Waals surface area contributed by atoms with E-state index in [2.05, 4.69) is 12.2 Å². The van der Waals surface area contributed by atoms with Gasteiger partial charge in [-0.15, -0.1) is 11.3 Å². The monoisotopic (exact) mass is 261 g/mol. The first kappa shape index (κ1) is 12.3. The van der Waals surface area contributed by atoms with E-state index in [1.54, 1.807) is 11.3 Å². The summed E-state index contributed by atoms with van der Waals surface area (Å²) in [5.41, 5.74) is 0. The van der Waals surface area contributed by atoms with Crippen molar-refractivity contribution in [3.8, 4) is 0 Å². The third-order valence-electron chi connectivity index (χ3n) is 2.53. The lowest BCUT2D eigenvalue weighted by Gasteiger charge is -2.20. The van der Waals surface area contributed by atoms with Gasteiger partial charge in [0.15, 0.2) is 6.29 Å². The smallest absolute Gasteiger partial charge is 0.159 e. The van der Waals surface area contributed by atoms with Crippen molar-refractivity contribution in [2.45, 2.75) is 25.7 Å². The number of hydrogen-bond acceptors (Lipinski definition) is 4. The molecule has 1 aromatic heterocycles. The second kappa shape index (κ2) is 5.98. The lowest BCUT2D eigenvalue weighted by molar-refractivity contribution is -0.0527. The molecule has 0 amide bonds. The van der Waals surface area contributed by atoms with Crippen LogP contribution in [0, 0.1) is 0 Å². The van der Waals surface area contributed by atoms with Crippen LogP contribution in [0.25, 0.3) is 0 Å². The molecule has 1 saturated heterocycles. The number of ether oxygens (including phenoxy) is 2. The molecule has 16 heavy (non-hydrogen) atoms. The van der Waals surface area contributed by atoms with Gasteiger partial charge in [-0.25, -0.2) is 0 Å². The highest BCUT2D eigenvalue weighted by atomic mass is 35.5. The number of rotatable bonds is 5. The Kier molecular flexibility index (Phi) is 4.61. The minimum Gasteiger partial charge on any atom is -0.350 e. The fourth-order valence-corrected chi connectivity index (χ4v) is 3.10. The Labute approximate surface area is 105 Å². The second-order valence-electron chi connectivity index (χ2n) is 3.65. The summed E-state index contributed by atoms with van der Waals surface area (Å²) < 4.78 is 10.9. The number of thiophene rings is 1. The molecule has 0 saturated carbocycles. The summed E-state index contributed by atoms with van der Waals surface area (Å²) in [6.45, 7) is 4.39. The SMILES string of the molecule is CCNC(CC1OCCO1)c1sccc1Cl. The summed E-state index contributed by atoms with van der Waals surface area (Å²) in [6, 6.07) is 2.16. The summed E-state index contributed by atoms with van der Waals surface area (Å²) in [5.74, 6) is 0. The van der Waals surface area contributed by atoms with Gasteiger partial charge >= 0.3 is 0 Å². The van der Waals surface area contributed by atoms with E-state index in [-0.39, 0.29) is 12.3 Å². The molecule has 1 aliphatic heterocycles. The van der Waals surface area contributed by atoms with Crippen LogP contribution in [0.4, 0.5) is 0 Å². The second-order valence-corrected chi connectivity index (χ2v) is 5.00. The molecule has 1 aromatic rings. The van der Waals surface area contributed by atoms with E-state index in [1.165, 1.54) is 4.88 Å². The maximum Gasteiger partial charge on any atom is 0.159 e. The van der Waals surface area contributed by atoms with E-state index in [0.29, 0.717) is 13.2 Å². The van der Waals surface area contributed by atoms with Crippen LogP contribution in [0.15, 0.2) is 11.4 Å². The first-order valence-electron chi connectivity index (χ1n) is 5.50. The fourth-order valence-electron chi connectivity index (χ4n) is 1.82. The zero-order chi connectivity index (χ0) is 11.4. The number of nitrogens with one attached hydrogen (secondary N) is 1. The number of hydrogen-bond donors (Lipinski definition) is 1. The minimum atomic E-state index is -0.0952. The molecule has 2 heterocycles. The Morgan fingerprint density at radius 1 is 1.56 bits per heavy atom. The van der Waals surface area contributed by atoms with E-state index < -0.39 is 0 Å². The van der Waals surface area contributed by atoms with Crippen molar-refractivity contribution in [3.05, 3.63) is 21.3 Å². The first-order valence-corrected chi connectivity index (χ1v) is 6.76. The van der Waals surface area contributed by atoms with E-state index >= 15 is 0 Å². The molecule has 2 rings (SSSR count). The van der Waals surface area contributed by atoms with Crippen LogP contribution < -0.4 is 5.32 Å². The lowest BCUT2D eigenvalue weighted by Crippen LogP contribution is -2.25. The van der Waals surface area contributed by atoms with Crippen LogP contribution in [-0.4, -0.2) is 26.0 Å². The minimum absolute atomic E-state index is 0.0952. The van der Waals surface area contributed by atoms with Crippen LogP contribution in [0.5, 0.6) is 0 Å². The maximum atomic E-state index is 6.14. The van der Waals surface area contributed by atoms with Gasteiger partial charge in [-0.05, 0) is 18.0 Å². The van der Waals surface area contributed by atoms with Gasteiger partial charge in [0.2, 0.25) is 0 Å². The molecule has 1 N–H and O–H groups in total. The van der Waals surface area contributed by atoms with Gasteiger partial charge in [0.1, 0.15) is 0 Å². The Morgan fingerprint density at radius 3 is 2.88 bits per heavy atom. The van der Waals surface area contributed by atoms with E-state index in [9.17, 15) is 0 Å². The summed E-state index contributed by atoms with van der Waals surface area (Å²) in [6.07, 6.45) is 0.718. The van der Waals surface area contributed by atoms with Gasteiger partial charge in [-0.1, -0.05) is 18.5 Å². The third kappa shape index (κ3) is 2.96. The van der Waals surface area contributed by atoms with Crippen LogP contribution in [-0.2, 0) is 9.47 Å². The molecule has 0 bridgehead atoms. The molecule has 0 radical (unpaired) electrons.